The number of ether oxygens (including phenoxy) is 2. The molecule has 1 rings (SSSR count). The highest BCUT2D eigenvalue weighted by molar-refractivity contribution is 5.57. The zero-order valence-electron chi connectivity index (χ0n) is 11.6. The van der Waals surface area contributed by atoms with Gasteiger partial charge in [0.15, 0.2) is 0 Å². The van der Waals surface area contributed by atoms with Gasteiger partial charge in [-0.05, 0) is 19.3 Å². The minimum Gasteiger partial charge on any atom is -0.450 e. The molecule has 2 unspecified atom stereocenters. The molecule has 0 aliphatic carbocycles. The van der Waals surface area contributed by atoms with Crippen molar-refractivity contribution in [3.05, 3.63) is 0 Å². The summed E-state index contributed by atoms with van der Waals surface area (Å²) in [6.45, 7) is 4.88. The Balaban J connectivity index is 2.44. The fourth-order valence-electron chi connectivity index (χ4n) is 2.59. The lowest BCUT2D eigenvalue weighted by molar-refractivity contribution is -0.0484. The largest absolute Gasteiger partial charge is 0.506 e. The lowest BCUT2D eigenvalue weighted by Crippen LogP contribution is -2.40. The first-order chi connectivity index (χ1) is 8.64. The number of carbonyl (C=O) groups is 1. The van der Waals surface area contributed by atoms with Crippen molar-refractivity contribution in [3.8, 4) is 0 Å². The van der Waals surface area contributed by atoms with Gasteiger partial charge >= 0.3 is 6.16 Å². The van der Waals surface area contributed by atoms with Gasteiger partial charge in [-0.1, -0.05) is 46.0 Å². The SMILES string of the molecule is CCCCCCCC(CCC)(OC(=O)O)C1CO1. The van der Waals surface area contributed by atoms with E-state index in [1.807, 2.05) is 0 Å². The monoisotopic (exact) mass is 258 g/mol. The Morgan fingerprint density at radius 1 is 1.22 bits per heavy atom. The molecule has 1 fully saturated rings. The van der Waals surface area contributed by atoms with Crippen molar-refractivity contribution >= 4 is 6.16 Å². The van der Waals surface area contributed by atoms with Crippen molar-refractivity contribution in [1.29, 1.82) is 0 Å². The van der Waals surface area contributed by atoms with Crippen LogP contribution in [0, 0.1) is 0 Å². The average molecular weight is 258 g/mol. The van der Waals surface area contributed by atoms with E-state index in [1.54, 1.807) is 0 Å². The quantitative estimate of drug-likeness (QED) is 0.366. The zero-order chi connectivity index (χ0) is 13.4. The fourth-order valence-corrected chi connectivity index (χ4v) is 2.59. The molecular weight excluding hydrogens is 232 g/mol. The number of rotatable bonds is 10. The lowest BCUT2D eigenvalue weighted by atomic mass is 9.88. The summed E-state index contributed by atoms with van der Waals surface area (Å²) < 4.78 is 10.5. The van der Waals surface area contributed by atoms with Crippen LogP contribution < -0.4 is 0 Å². The molecule has 2 atom stereocenters. The van der Waals surface area contributed by atoms with E-state index in [0.717, 1.165) is 32.1 Å². The topological polar surface area (TPSA) is 59.1 Å². The Morgan fingerprint density at radius 2 is 1.89 bits per heavy atom. The number of hydrogen-bond donors (Lipinski definition) is 1. The van der Waals surface area contributed by atoms with Gasteiger partial charge in [-0.15, -0.1) is 0 Å². The Hall–Kier alpha value is -0.770. The predicted octanol–water partition coefficient (Wildman–Crippen LogP) is 3.98. The summed E-state index contributed by atoms with van der Waals surface area (Å²) in [6.07, 6.45) is 7.14. The second-order valence-electron chi connectivity index (χ2n) is 5.17. The molecule has 0 aromatic rings. The number of hydrogen-bond acceptors (Lipinski definition) is 3. The van der Waals surface area contributed by atoms with Gasteiger partial charge < -0.3 is 14.6 Å². The molecule has 0 bridgehead atoms. The summed E-state index contributed by atoms with van der Waals surface area (Å²) in [4.78, 5) is 10.9. The third-order valence-electron chi connectivity index (χ3n) is 3.59. The number of unbranched alkanes of at least 4 members (excludes halogenated alkanes) is 4. The molecule has 1 N–H and O–H groups in total. The highest BCUT2D eigenvalue weighted by Gasteiger charge is 2.49. The van der Waals surface area contributed by atoms with Gasteiger partial charge in [-0.2, -0.15) is 0 Å². The minimum absolute atomic E-state index is 0.0141. The molecule has 18 heavy (non-hydrogen) atoms. The molecule has 1 aliphatic rings. The summed E-state index contributed by atoms with van der Waals surface area (Å²) in [5.41, 5.74) is -0.590. The maximum absolute atomic E-state index is 10.9. The molecule has 0 amide bonds. The Bertz CT molecular complexity index is 250. The Kier molecular flexibility index (Phi) is 6.47. The normalized spacial score (nSPS) is 21.3. The van der Waals surface area contributed by atoms with Gasteiger partial charge in [0.25, 0.3) is 0 Å². The molecule has 106 valence electrons. The van der Waals surface area contributed by atoms with Crippen LogP contribution in [0.3, 0.4) is 0 Å². The first-order valence-corrected chi connectivity index (χ1v) is 7.18. The van der Waals surface area contributed by atoms with E-state index < -0.39 is 11.8 Å². The molecule has 1 aliphatic heterocycles. The number of epoxide rings is 1. The third-order valence-corrected chi connectivity index (χ3v) is 3.59. The van der Waals surface area contributed by atoms with Crippen LogP contribution in [-0.4, -0.2) is 29.6 Å². The first kappa shape index (κ1) is 15.3. The summed E-state index contributed by atoms with van der Waals surface area (Å²) in [7, 11) is 0. The summed E-state index contributed by atoms with van der Waals surface area (Å²) in [5.74, 6) is 0. The molecular formula is C14H26O4. The maximum Gasteiger partial charge on any atom is 0.506 e. The summed E-state index contributed by atoms with van der Waals surface area (Å²) >= 11 is 0. The smallest absolute Gasteiger partial charge is 0.450 e. The van der Waals surface area contributed by atoms with Gasteiger partial charge in [0.2, 0.25) is 0 Å². The highest BCUT2D eigenvalue weighted by Crippen LogP contribution is 2.37. The predicted molar refractivity (Wildman–Crippen MR) is 69.9 cm³/mol. The fraction of sp³-hybridized carbons (Fsp3) is 0.929. The maximum atomic E-state index is 10.9. The van der Waals surface area contributed by atoms with Gasteiger partial charge in [-0.3, -0.25) is 0 Å². The van der Waals surface area contributed by atoms with E-state index in [1.165, 1.54) is 19.3 Å². The van der Waals surface area contributed by atoms with Crippen molar-refractivity contribution < 1.29 is 19.4 Å². The van der Waals surface area contributed by atoms with E-state index in [2.05, 4.69) is 13.8 Å². The van der Waals surface area contributed by atoms with E-state index in [-0.39, 0.29) is 6.10 Å². The van der Waals surface area contributed by atoms with Crippen molar-refractivity contribution in [3.63, 3.8) is 0 Å². The van der Waals surface area contributed by atoms with Crippen LogP contribution in [0.25, 0.3) is 0 Å². The number of carboxylic acid groups (broad SMARTS) is 1. The van der Waals surface area contributed by atoms with E-state index >= 15 is 0 Å². The molecule has 4 nitrogen and oxygen atoms in total. The van der Waals surface area contributed by atoms with Crippen LogP contribution in [-0.2, 0) is 9.47 Å². The van der Waals surface area contributed by atoms with Crippen LogP contribution in [0.5, 0.6) is 0 Å². The van der Waals surface area contributed by atoms with Crippen molar-refractivity contribution in [2.24, 2.45) is 0 Å². The Morgan fingerprint density at radius 3 is 2.39 bits per heavy atom. The van der Waals surface area contributed by atoms with Crippen molar-refractivity contribution in [2.45, 2.75) is 76.9 Å². The minimum atomic E-state index is -1.17. The second kappa shape index (κ2) is 7.62. The van der Waals surface area contributed by atoms with Crippen LogP contribution in [0.1, 0.15) is 65.2 Å². The summed E-state index contributed by atoms with van der Waals surface area (Å²) in [6, 6.07) is 0. The highest BCUT2D eigenvalue weighted by atomic mass is 16.7. The molecule has 4 heteroatoms. The lowest BCUT2D eigenvalue weighted by Gasteiger charge is -2.30. The second-order valence-corrected chi connectivity index (χ2v) is 5.17. The zero-order valence-corrected chi connectivity index (χ0v) is 11.6. The van der Waals surface area contributed by atoms with E-state index in [9.17, 15) is 4.79 Å². The molecule has 0 radical (unpaired) electrons. The van der Waals surface area contributed by atoms with Crippen LogP contribution in [0.2, 0.25) is 0 Å². The van der Waals surface area contributed by atoms with Gasteiger partial charge in [0.1, 0.15) is 11.7 Å². The van der Waals surface area contributed by atoms with Gasteiger partial charge in [0.05, 0.1) is 6.61 Å². The van der Waals surface area contributed by atoms with E-state index in [4.69, 9.17) is 14.6 Å². The van der Waals surface area contributed by atoms with Gasteiger partial charge in [-0.25, -0.2) is 4.79 Å². The standard InChI is InChI=1S/C14H26O4/c1-3-5-6-7-8-10-14(9-4-2,12-11-17-12)18-13(15)16/h12H,3-11H2,1-2H3,(H,15,16). The third kappa shape index (κ3) is 4.84. The molecule has 0 aromatic carbocycles. The molecule has 0 aromatic heterocycles. The molecule has 0 saturated carbocycles. The van der Waals surface area contributed by atoms with Crippen LogP contribution in [0.15, 0.2) is 0 Å². The van der Waals surface area contributed by atoms with Gasteiger partial charge in [0, 0.05) is 0 Å². The first-order valence-electron chi connectivity index (χ1n) is 7.18. The Labute approximate surface area is 110 Å². The van der Waals surface area contributed by atoms with Crippen molar-refractivity contribution in [1.82, 2.24) is 0 Å². The van der Waals surface area contributed by atoms with Crippen LogP contribution >= 0.6 is 0 Å². The molecule has 1 heterocycles. The average Bonchev–Trinajstić information content (AvgIpc) is 3.12. The van der Waals surface area contributed by atoms with Crippen molar-refractivity contribution in [2.75, 3.05) is 6.61 Å². The van der Waals surface area contributed by atoms with E-state index in [0.29, 0.717) is 6.61 Å². The molecule has 1 saturated heterocycles. The summed E-state index contributed by atoms with van der Waals surface area (Å²) in [5, 5.41) is 8.92. The molecule has 0 spiro atoms. The van der Waals surface area contributed by atoms with Crippen LogP contribution in [0.4, 0.5) is 4.79 Å².